The Morgan fingerprint density at radius 1 is 1.53 bits per heavy atom. The van der Waals surface area contributed by atoms with Crippen LogP contribution in [0.4, 0.5) is 0 Å². The summed E-state index contributed by atoms with van der Waals surface area (Å²) in [4.78, 5) is 11.4. The summed E-state index contributed by atoms with van der Waals surface area (Å²) in [5.74, 6) is -0.301. The molecule has 3 N–H and O–H groups in total. The minimum atomic E-state index is -0.585. The molecule has 4 heteroatoms. The SMILES string of the molecule is C=NNC(=O)C(N)CC1=CCc2ccccc21. The van der Waals surface area contributed by atoms with E-state index in [0.29, 0.717) is 6.42 Å². The average Bonchev–Trinajstić information content (AvgIpc) is 2.73. The molecule has 0 bridgehead atoms. The van der Waals surface area contributed by atoms with Crippen molar-refractivity contribution in [3.05, 3.63) is 41.5 Å². The van der Waals surface area contributed by atoms with E-state index in [0.717, 1.165) is 12.0 Å². The van der Waals surface area contributed by atoms with Crippen molar-refractivity contribution < 1.29 is 4.79 Å². The molecule has 0 radical (unpaired) electrons. The fourth-order valence-electron chi connectivity index (χ4n) is 2.04. The van der Waals surface area contributed by atoms with Gasteiger partial charge in [-0.15, -0.1) is 0 Å². The van der Waals surface area contributed by atoms with E-state index in [1.54, 1.807) is 0 Å². The molecule has 17 heavy (non-hydrogen) atoms. The first-order valence-electron chi connectivity index (χ1n) is 5.51. The molecule has 0 aromatic heterocycles. The number of fused-ring (bicyclic) bond motifs is 1. The standard InChI is InChI=1S/C13H15N3O/c1-15-16-13(17)12(14)8-10-7-6-9-4-2-3-5-11(9)10/h2-5,7,12H,1,6,8,14H2,(H,16,17). The third-order valence-electron chi connectivity index (χ3n) is 2.90. The molecule has 0 aliphatic heterocycles. The molecule has 4 nitrogen and oxygen atoms in total. The van der Waals surface area contributed by atoms with Gasteiger partial charge in [0.05, 0.1) is 6.04 Å². The molecule has 0 spiro atoms. The summed E-state index contributed by atoms with van der Waals surface area (Å²) in [6, 6.07) is 7.58. The first-order valence-corrected chi connectivity index (χ1v) is 5.51. The number of carbonyl (C=O) groups excluding carboxylic acids is 1. The molecule has 1 aromatic rings. The maximum absolute atomic E-state index is 11.4. The van der Waals surface area contributed by atoms with Crippen molar-refractivity contribution in [2.24, 2.45) is 10.8 Å². The minimum absolute atomic E-state index is 0.301. The number of amides is 1. The van der Waals surface area contributed by atoms with E-state index in [1.807, 2.05) is 12.1 Å². The molecule has 1 aliphatic carbocycles. The molecule has 1 amide bonds. The number of allylic oxidation sites excluding steroid dienone is 1. The van der Waals surface area contributed by atoms with E-state index in [-0.39, 0.29) is 5.91 Å². The maximum atomic E-state index is 11.4. The van der Waals surface area contributed by atoms with Crippen molar-refractivity contribution in [1.82, 2.24) is 5.43 Å². The average molecular weight is 229 g/mol. The van der Waals surface area contributed by atoms with Gasteiger partial charge in [0.2, 0.25) is 0 Å². The van der Waals surface area contributed by atoms with E-state index in [1.165, 1.54) is 11.1 Å². The summed E-state index contributed by atoms with van der Waals surface area (Å²) in [5.41, 5.74) is 11.7. The van der Waals surface area contributed by atoms with Gasteiger partial charge in [-0.25, -0.2) is 5.43 Å². The van der Waals surface area contributed by atoms with Crippen LogP contribution in [0.15, 0.2) is 35.4 Å². The first-order chi connectivity index (χ1) is 8.22. The van der Waals surface area contributed by atoms with E-state index in [4.69, 9.17) is 5.73 Å². The Bertz CT molecular complexity index is 479. The molecular formula is C13H15N3O. The normalized spacial score (nSPS) is 14.8. The van der Waals surface area contributed by atoms with Crippen LogP contribution in [0.25, 0.3) is 5.57 Å². The lowest BCUT2D eigenvalue weighted by atomic mass is 10.00. The van der Waals surface area contributed by atoms with Crippen LogP contribution in [0.5, 0.6) is 0 Å². The molecule has 0 saturated heterocycles. The van der Waals surface area contributed by atoms with Gasteiger partial charge in [-0.05, 0) is 29.5 Å². The smallest absolute Gasteiger partial charge is 0.257 e. The molecular weight excluding hydrogens is 214 g/mol. The number of hydrazone groups is 1. The largest absolute Gasteiger partial charge is 0.320 e. The number of hydrogen-bond donors (Lipinski definition) is 2. The zero-order valence-electron chi connectivity index (χ0n) is 9.52. The predicted molar refractivity (Wildman–Crippen MR) is 68.4 cm³/mol. The predicted octanol–water partition coefficient (Wildman–Crippen LogP) is 1.08. The Morgan fingerprint density at radius 3 is 3.06 bits per heavy atom. The number of nitrogens with one attached hydrogen (secondary N) is 1. The third-order valence-corrected chi connectivity index (χ3v) is 2.90. The van der Waals surface area contributed by atoms with Crippen LogP contribution in [-0.2, 0) is 11.2 Å². The molecule has 1 atom stereocenters. The quantitative estimate of drug-likeness (QED) is 0.599. The van der Waals surface area contributed by atoms with Crippen LogP contribution >= 0.6 is 0 Å². The summed E-state index contributed by atoms with van der Waals surface area (Å²) in [7, 11) is 0. The van der Waals surface area contributed by atoms with Crippen LogP contribution in [0, 0.1) is 0 Å². The van der Waals surface area contributed by atoms with Gasteiger partial charge in [-0.2, -0.15) is 5.10 Å². The lowest BCUT2D eigenvalue weighted by Crippen LogP contribution is -2.38. The third kappa shape index (κ3) is 2.42. The summed E-state index contributed by atoms with van der Waals surface area (Å²) in [6.07, 6.45) is 3.57. The van der Waals surface area contributed by atoms with Crippen molar-refractivity contribution in [3.63, 3.8) is 0 Å². The summed E-state index contributed by atoms with van der Waals surface area (Å²) < 4.78 is 0. The van der Waals surface area contributed by atoms with Crippen LogP contribution in [0.3, 0.4) is 0 Å². The number of rotatable bonds is 4. The van der Waals surface area contributed by atoms with Gasteiger partial charge >= 0.3 is 0 Å². The maximum Gasteiger partial charge on any atom is 0.257 e. The van der Waals surface area contributed by atoms with Crippen molar-refractivity contribution in [2.75, 3.05) is 0 Å². The lowest BCUT2D eigenvalue weighted by molar-refractivity contribution is -0.122. The zero-order chi connectivity index (χ0) is 12.3. The lowest BCUT2D eigenvalue weighted by Gasteiger charge is -2.11. The zero-order valence-corrected chi connectivity index (χ0v) is 9.52. The Morgan fingerprint density at radius 2 is 2.29 bits per heavy atom. The highest BCUT2D eigenvalue weighted by atomic mass is 16.2. The molecule has 0 fully saturated rings. The van der Waals surface area contributed by atoms with E-state index >= 15 is 0 Å². The Hall–Kier alpha value is -1.94. The van der Waals surface area contributed by atoms with Gasteiger partial charge in [0, 0.05) is 6.72 Å². The number of benzene rings is 1. The number of nitrogens with two attached hydrogens (primary N) is 1. The second-order valence-corrected chi connectivity index (χ2v) is 4.04. The number of nitrogens with zero attached hydrogens (tertiary/aromatic N) is 1. The Kier molecular flexibility index (Phi) is 3.35. The van der Waals surface area contributed by atoms with Gasteiger partial charge in [0.15, 0.2) is 0 Å². The minimum Gasteiger partial charge on any atom is -0.320 e. The fourth-order valence-corrected chi connectivity index (χ4v) is 2.04. The van der Waals surface area contributed by atoms with E-state index in [2.05, 4.69) is 35.5 Å². The van der Waals surface area contributed by atoms with Crippen LogP contribution < -0.4 is 11.2 Å². The van der Waals surface area contributed by atoms with Gasteiger partial charge in [-0.1, -0.05) is 30.3 Å². The number of carbonyl (C=O) groups is 1. The second kappa shape index (κ2) is 4.93. The molecule has 2 rings (SSSR count). The monoisotopic (exact) mass is 229 g/mol. The van der Waals surface area contributed by atoms with Gasteiger partial charge in [-0.3, -0.25) is 4.79 Å². The molecule has 1 unspecified atom stereocenters. The highest BCUT2D eigenvalue weighted by Crippen LogP contribution is 2.29. The molecule has 1 aromatic carbocycles. The van der Waals surface area contributed by atoms with Crippen molar-refractivity contribution in [2.45, 2.75) is 18.9 Å². The van der Waals surface area contributed by atoms with Crippen LogP contribution in [0.1, 0.15) is 17.5 Å². The van der Waals surface area contributed by atoms with E-state index < -0.39 is 6.04 Å². The van der Waals surface area contributed by atoms with Crippen molar-refractivity contribution >= 4 is 18.2 Å². The van der Waals surface area contributed by atoms with Crippen molar-refractivity contribution in [1.29, 1.82) is 0 Å². The fraction of sp³-hybridized carbons (Fsp3) is 0.231. The van der Waals surface area contributed by atoms with Gasteiger partial charge in [0.1, 0.15) is 0 Å². The second-order valence-electron chi connectivity index (χ2n) is 4.04. The van der Waals surface area contributed by atoms with Crippen LogP contribution in [0.2, 0.25) is 0 Å². The molecule has 0 saturated carbocycles. The summed E-state index contributed by atoms with van der Waals surface area (Å²) in [5, 5.41) is 3.33. The van der Waals surface area contributed by atoms with Crippen molar-refractivity contribution in [3.8, 4) is 0 Å². The summed E-state index contributed by atoms with van der Waals surface area (Å²) >= 11 is 0. The molecule has 88 valence electrons. The van der Waals surface area contributed by atoms with Gasteiger partial charge < -0.3 is 5.73 Å². The first kappa shape index (κ1) is 11.5. The van der Waals surface area contributed by atoms with Crippen LogP contribution in [-0.4, -0.2) is 18.7 Å². The highest BCUT2D eigenvalue weighted by Gasteiger charge is 2.19. The topological polar surface area (TPSA) is 67.5 Å². The highest BCUT2D eigenvalue weighted by molar-refractivity contribution is 5.85. The van der Waals surface area contributed by atoms with E-state index in [9.17, 15) is 4.79 Å². The Balaban J connectivity index is 2.07. The summed E-state index contributed by atoms with van der Waals surface area (Å²) in [6.45, 7) is 3.20. The Labute approximate surface area is 100 Å². The molecule has 0 heterocycles. The number of hydrogen-bond acceptors (Lipinski definition) is 3. The van der Waals surface area contributed by atoms with Gasteiger partial charge in [0.25, 0.3) is 5.91 Å². The molecule has 1 aliphatic rings.